The average molecular weight is 815 g/mol. The summed E-state index contributed by atoms with van der Waals surface area (Å²) in [5, 5.41) is 6.67. The summed E-state index contributed by atoms with van der Waals surface area (Å²) in [7, 11) is 1.83. The Bertz CT molecular complexity index is 2320. The molecular weight excluding hydrogens is 755 g/mol. The van der Waals surface area contributed by atoms with Gasteiger partial charge in [-0.3, -0.25) is 14.9 Å². The van der Waals surface area contributed by atoms with Gasteiger partial charge >= 0.3 is 0 Å². The van der Waals surface area contributed by atoms with E-state index in [-0.39, 0.29) is 5.56 Å². The number of nitrogens with zero attached hydrogens (tertiary/aromatic N) is 7. The number of anilines is 2. The molecule has 0 amide bonds. The summed E-state index contributed by atoms with van der Waals surface area (Å²) in [5.74, 6) is 0.317. The lowest BCUT2D eigenvalue weighted by molar-refractivity contribution is 0.107. The van der Waals surface area contributed by atoms with Crippen LogP contribution >= 0.6 is 0 Å². The highest BCUT2D eigenvalue weighted by molar-refractivity contribution is 6.23. The van der Waals surface area contributed by atoms with E-state index in [4.69, 9.17) is 15.7 Å². The molecule has 10 nitrogen and oxygen atoms in total. The summed E-state index contributed by atoms with van der Waals surface area (Å²) in [5.41, 5.74) is 16.9. The molecule has 3 fully saturated rings. The minimum Gasteiger partial charge on any atom is -0.404 e. The van der Waals surface area contributed by atoms with E-state index in [1.807, 2.05) is 26.1 Å². The number of imidazole rings is 1. The Hall–Kier alpha value is -5.33. The van der Waals surface area contributed by atoms with Gasteiger partial charge < -0.3 is 30.7 Å². The van der Waals surface area contributed by atoms with Crippen LogP contribution in [0.2, 0.25) is 0 Å². The van der Waals surface area contributed by atoms with Crippen molar-refractivity contribution < 1.29 is 8.78 Å². The first-order valence-electron chi connectivity index (χ1n) is 21.6. The molecule has 8 rings (SSSR count). The van der Waals surface area contributed by atoms with Crippen molar-refractivity contribution in [3.63, 3.8) is 0 Å². The predicted molar refractivity (Wildman–Crippen MR) is 242 cm³/mol. The second kappa shape index (κ2) is 17.7. The van der Waals surface area contributed by atoms with Gasteiger partial charge in [0.05, 0.1) is 16.7 Å². The largest absolute Gasteiger partial charge is 0.404 e. The Morgan fingerprint density at radius 1 is 0.900 bits per heavy atom. The van der Waals surface area contributed by atoms with E-state index in [2.05, 4.69) is 79.8 Å². The number of piperidine rings is 1. The number of allylic oxidation sites excluding steroid dienone is 3. The fourth-order valence-electron chi connectivity index (χ4n) is 9.54. The zero-order chi connectivity index (χ0) is 42.1. The molecule has 4 aliphatic heterocycles. The molecule has 316 valence electrons. The molecule has 4 aromatic rings. The summed E-state index contributed by atoms with van der Waals surface area (Å²) in [4.78, 5) is 21.7. The lowest BCUT2D eigenvalue weighted by atomic mass is 9.87. The van der Waals surface area contributed by atoms with Crippen LogP contribution in [0.3, 0.4) is 0 Å². The van der Waals surface area contributed by atoms with Crippen LogP contribution in [-0.2, 0) is 13.1 Å². The molecule has 60 heavy (non-hydrogen) atoms. The van der Waals surface area contributed by atoms with Crippen molar-refractivity contribution in [2.45, 2.75) is 71.4 Å². The molecule has 0 spiro atoms. The number of aryl methyl sites for hydroxylation is 1. The molecule has 2 aromatic carbocycles. The van der Waals surface area contributed by atoms with E-state index >= 15 is 8.78 Å². The van der Waals surface area contributed by atoms with Crippen LogP contribution in [0.5, 0.6) is 0 Å². The summed E-state index contributed by atoms with van der Waals surface area (Å²) < 4.78 is 33.0. The quantitative estimate of drug-likeness (QED) is 0.178. The van der Waals surface area contributed by atoms with Crippen molar-refractivity contribution in [3.8, 4) is 0 Å². The Balaban J connectivity index is 0.893. The summed E-state index contributed by atoms with van der Waals surface area (Å²) in [6, 6.07) is 13.8. The van der Waals surface area contributed by atoms with E-state index in [0.717, 1.165) is 141 Å². The van der Waals surface area contributed by atoms with Crippen molar-refractivity contribution >= 4 is 39.7 Å². The second-order valence-electron chi connectivity index (χ2n) is 17.5. The number of nitrogens with one attached hydrogen (secondary N) is 2. The first-order chi connectivity index (χ1) is 29.0. The van der Waals surface area contributed by atoms with Crippen LogP contribution in [0.1, 0.15) is 79.4 Å². The van der Waals surface area contributed by atoms with Crippen LogP contribution in [0.25, 0.3) is 22.3 Å². The van der Waals surface area contributed by atoms with Gasteiger partial charge in [-0.15, -0.1) is 0 Å². The molecule has 0 saturated carbocycles. The highest BCUT2D eigenvalue weighted by atomic mass is 19.1. The Kier molecular flexibility index (Phi) is 12.2. The maximum Gasteiger partial charge on any atom is 0.208 e. The summed E-state index contributed by atoms with van der Waals surface area (Å²) in [6.45, 7) is 25.0. The van der Waals surface area contributed by atoms with Gasteiger partial charge in [-0.2, -0.15) is 0 Å². The number of halogens is 2. The standard InChI is InChI=1S/C48H60F2N10/c1-30-9-7-8-10-43(52-6)40(24-51)45-21-37(19-32(3)54-45)33(4)55-48-56-44-14-12-35(20-46(44)60(48)25-30)26-57-15-17-58(18-16-57)27-36-28-59(29-36)38-22-41(49)47(42(50)23-38)39-13-11-31(2)53-34(39)5/h12,14,19-24,30,36,39,53H,2,4-5,7-11,13,15-18,25-29,51H2,1,3,6H3,(H,55,56)/t30-,39+/m1/s1. The zero-order valence-corrected chi connectivity index (χ0v) is 35.5. The number of hydrogen-bond donors (Lipinski definition) is 3. The third-order valence-electron chi connectivity index (χ3n) is 12.9. The average Bonchev–Trinajstić information content (AvgIpc) is 3.52. The van der Waals surface area contributed by atoms with Gasteiger partial charge in [0.2, 0.25) is 5.95 Å². The maximum absolute atomic E-state index is 15.3. The van der Waals surface area contributed by atoms with Crippen LogP contribution in [0.4, 0.5) is 20.4 Å². The van der Waals surface area contributed by atoms with E-state index in [0.29, 0.717) is 36.1 Å². The minimum absolute atomic E-state index is 0.107. The smallest absolute Gasteiger partial charge is 0.208 e. The normalized spacial score (nSPS) is 22.9. The van der Waals surface area contributed by atoms with Gasteiger partial charge in [0.25, 0.3) is 0 Å². The molecule has 3 saturated heterocycles. The van der Waals surface area contributed by atoms with Gasteiger partial charge in [-0.1, -0.05) is 39.1 Å². The SMILES string of the molecule is C=C1CC[C@H](c2c(F)cc(N3CC(CN4CCN(Cc5ccc6nc7n(c6c5)C[C@H](C)CCCCC(=NC)C(=CN)c5cc(cc(C)n5)C(=C)N7)CC4)C3)cc2F)C(=C)N1. The number of rotatable bonds is 6. The lowest BCUT2D eigenvalue weighted by Gasteiger charge is -2.45. The Morgan fingerprint density at radius 3 is 2.37 bits per heavy atom. The molecule has 0 aliphatic carbocycles. The third kappa shape index (κ3) is 8.90. The zero-order valence-electron chi connectivity index (χ0n) is 35.5. The van der Waals surface area contributed by atoms with Gasteiger partial charge in [-0.25, -0.2) is 13.8 Å². The van der Waals surface area contributed by atoms with Crippen molar-refractivity contribution in [2.75, 3.05) is 63.1 Å². The lowest BCUT2D eigenvalue weighted by Crippen LogP contribution is -2.54. The van der Waals surface area contributed by atoms with Crippen LogP contribution in [0.15, 0.2) is 84.8 Å². The summed E-state index contributed by atoms with van der Waals surface area (Å²) in [6.07, 6.45) is 6.95. The maximum atomic E-state index is 15.3. The fraction of sp³-hybridized carbons (Fsp3) is 0.438. The Morgan fingerprint density at radius 2 is 1.65 bits per heavy atom. The van der Waals surface area contributed by atoms with Crippen LogP contribution < -0.4 is 21.3 Å². The topological polar surface area (TPSA) is 103 Å². The van der Waals surface area contributed by atoms with Gasteiger partial charge in [0.1, 0.15) is 11.6 Å². The fourth-order valence-corrected chi connectivity index (χ4v) is 9.54. The van der Waals surface area contributed by atoms with Crippen molar-refractivity contribution in [1.29, 1.82) is 0 Å². The molecule has 0 radical (unpaired) electrons. The first-order valence-corrected chi connectivity index (χ1v) is 21.6. The minimum atomic E-state index is -0.497. The van der Waals surface area contributed by atoms with E-state index < -0.39 is 17.6 Å². The van der Waals surface area contributed by atoms with Crippen molar-refractivity contribution in [1.82, 2.24) is 29.7 Å². The van der Waals surface area contributed by atoms with Gasteiger partial charge in [0.15, 0.2) is 0 Å². The number of hydrogen-bond acceptors (Lipinski definition) is 9. The number of fused-ring (bicyclic) bond motifs is 5. The number of aliphatic imine (C=N–C) groups is 1. The molecule has 0 unspecified atom stereocenters. The number of aromatic nitrogens is 3. The molecule has 2 atom stereocenters. The van der Waals surface area contributed by atoms with Crippen LogP contribution in [-0.4, -0.2) is 82.9 Å². The monoisotopic (exact) mass is 814 g/mol. The third-order valence-corrected chi connectivity index (χ3v) is 12.9. The number of piperazine rings is 1. The van der Waals surface area contributed by atoms with E-state index in [1.165, 1.54) is 17.7 Å². The molecular formula is C48H60F2N10. The second-order valence-corrected chi connectivity index (χ2v) is 17.5. The highest BCUT2D eigenvalue weighted by Gasteiger charge is 2.33. The number of benzene rings is 2. The van der Waals surface area contributed by atoms with E-state index in [1.54, 1.807) is 6.20 Å². The summed E-state index contributed by atoms with van der Waals surface area (Å²) >= 11 is 0. The predicted octanol–water partition coefficient (Wildman–Crippen LogP) is 8.43. The Labute approximate surface area is 353 Å². The number of nitrogens with two attached hydrogens (primary N) is 1. The molecule has 6 heterocycles. The molecule has 2 aromatic heterocycles. The van der Waals surface area contributed by atoms with Crippen molar-refractivity contribution in [3.05, 3.63) is 120 Å². The van der Waals surface area contributed by atoms with Crippen LogP contribution in [0, 0.1) is 30.4 Å². The molecule has 2 bridgehead atoms. The van der Waals surface area contributed by atoms with Gasteiger partial charge in [-0.05, 0) is 86.9 Å². The van der Waals surface area contributed by atoms with Gasteiger partial charge in [0, 0.05) is 135 Å². The molecule has 12 heteroatoms. The van der Waals surface area contributed by atoms with Crippen molar-refractivity contribution in [2.24, 2.45) is 22.6 Å². The molecule has 4 aliphatic rings. The number of pyridine rings is 1. The first kappa shape index (κ1) is 41.4. The highest BCUT2D eigenvalue weighted by Crippen LogP contribution is 2.38. The van der Waals surface area contributed by atoms with E-state index in [9.17, 15) is 0 Å². The molecule has 4 N–H and O–H groups in total.